The summed E-state index contributed by atoms with van der Waals surface area (Å²) >= 11 is 7.33. The Labute approximate surface area is 154 Å². The molecule has 7 heteroatoms. The van der Waals surface area contributed by atoms with E-state index in [9.17, 15) is 0 Å². The van der Waals surface area contributed by atoms with E-state index in [1.165, 1.54) is 11.3 Å². The predicted octanol–water partition coefficient (Wildman–Crippen LogP) is 4.93. The van der Waals surface area contributed by atoms with Crippen LogP contribution < -0.4 is 14.9 Å². The molecule has 0 spiro atoms. The molecule has 0 saturated heterocycles. The van der Waals surface area contributed by atoms with Crippen LogP contribution in [0.2, 0.25) is 5.02 Å². The zero-order valence-corrected chi connectivity index (χ0v) is 15.3. The first-order valence-corrected chi connectivity index (χ1v) is 8.68. The Kier molecular flexibility index (Phi) is 5.53. The maximum Gasteiger partial charge on any atom is 0.203 e. The Balaban J connectivity index is 1.71. The van der Waals surface area contributed by atoms with Crippen LogP contribution in [0.4, 0.5) is 5.13 Å². The van der Waals surface area contributed by atoms with Gasteiger partial charge in [0.05, 0.1) is 26.1 Å². The number of benzene rings is 2. The van der Waals surface area contributed by atoms with Gasteiger partial charge in [0, 0.05) is 16.0 Å². The third-order valence-corrected chi connectivity index (χ3v) is 4.43. The Morgan fingerprint density at radius 1 is 1.08 bits per heavy atom. The van der Waals surface area contributed by atoms with Crippen molar-refractivity contribution in [2.45, 2.75) is 0 Å². The largest absolute Gasteiger partial charge is 0.493 e. The molecule has 0 radical (unpaired) electrons. The molecule has 1 heterocycles. The fourth-order valence-electron chi connectivity index (χ4n) is 2.16. The monoisotopic (exact) mass is 373 g/mol. The summed E-state index contributed by atoms with van der Waals surface area (Å²) in [5, 5.41) is 7.56. The van der Waals surface area contributed by atoms with E-state index in [1.54, 1.807) is 20.4 Å². The molecule has 0 atom stereocenters. The summed E-state index contributed by atoms with van der Waals surface area (Å²) in [5.41, 5.74) is 5.68. The third kappa shape index (κ3) is 4.29. The highest BCUT2D eigenvalue weighted by Crippen LogP contribution is 2.33. The van der Waals surface area contributed by atoms with E-state index >= 15 is 0 Å². The molecular weight excluding hydrogens is 358 g/mol. The first-order chi connectivity index (χ1) is 12.2. The van der Waals surface area contributed by atoms with Gasteiger partial charge in [-0.05, 0) is 35.9 Å². The second kappa shape index (κ2) is 8.00. The highest BCUT2D eigenvalue weighted by molar-refractivity contribution is 7.14. The van der Waals surface area contributed by atoms with Crippen molar-refractivity contribution in [3.05, 3.63) is 58.4 Å². The van der Waals surface area contributed by atoms with Crippen LogP contribution in [0.25, 0.3) is 11.3 Å². The van der Waals surface area contributed by atoms with Crippen molar-refractivity contribution in [3.8, 4) is 22.8 Å². The van der Waals surface area contributed by atoms with E-state index < -0.39 is 0 Å². The normalized spacial score (nSPS) is 10.8. The molecule has 0 saturated carbocycles. The molecule has 0 amide bonds. The minimum atomic E-state index is 0.670. The van der Waals surface area contributed by atoms with E-state index in [4.69, 9.17) is 21.1 Å². The lowest BCUT2D eigenvalue weighted by Gasteiger charge is -2.08. The first kappa shape index (κ1) is 17.3. The molecule has 0 aliphatic rings. The number of halogens is 1. The lowest BCUT2D eigenvalue weighted by atomic mass is 10.1. The summed E-state index contributed by atoms with van der Waals surface area (Å²) in [6.07, 6.45) is 1.72. The van der Waals surface area contributed by atoms with Crippen molar-refractivity contribution in [3.63, 3.8) is 0 Å². The standard InChI is InChI=1S/C18H16ClN3O2S/c1-23-16-8-5-13(9-17(16)24-2)15-11-25-18(21-15)22-20-10-12-3-6-14(19)7-4-12/h3-11H,1-2H3,(H,21,22). The highest BCUT2D eigenvalue weighted by atomic mass is 35.5. The summed E-state index contributed by atoms with van der Waals surface area (Å²) in [6.45, 7) is 0. The summed E-state index contributed by atoms with van der Waals surface area (Å²) in [7, 11) is 3.22. The maximum atomic E-state index is 5.86. The third-order valence-electron chi connectivity index (χ3n) is 3.43. The van der Waals surface area contributed by atoms with Gasteiger partial charge < -0.3 is 9.47 Å². The van der Waals surface area contributed by atoms with Crippen molar-refractivity contribution < 1.29 is 9.47 Å². The van der Waals surface area contributed by atoms with Gasteiger partial charge in [-0.15, -0.1) is 11.3 Å². The number of methoxy groups -OCH3 is 2. The fraction of sp³-hybridized carbons (Fsp3) is 0.111. The van der Waals surface area contributed by atoms with Gasteiger partial charge in [0.1, 0.15) is 0 Å². The van der Waals surface area contributed by atoms with Gasteiger partial charge in [-0.3, -0.25) is 5.43 Å². The van der Waals surface area contributed by atoms with E-state index in [2.05, 4.69) is 15.5 Å². The average Bonchev–Trinajstić information content (AvgIpc) is 3.11. The van der Waals surface area contributed by atoms with Crippen molar-refractivity contribution in [2.75, 3.05) is 19.6 Å². The molecule has 0 unspecified atom stereocenters. The molecular formula is C18H16ClN3O2S. The van der Waals surface area contributed by atoms with Gasteiger partial charge in [0.2, 0.25) is 5.13 Å². The van der Waals surface area contributed by atoms with Crippen LogP contribution in [-0.4, -0.2) is 25.4 Å². The molecule has 128 valence electrons. The van der Waals surface area contributed by atoms with Crippen LogP contribution >= 0.6 is 22.9 Å². The summed E-state index contributed by atoms with van der Waals surface area (Å²) in [4.78, 5) is 4.53. The maximum absolute atomic E-state index is 5.86. The number of rotatable bonds is 6. The SMILES string of the molecule is COc1ccc(-c2csc(NN=Cc3ccc(Cl)cc3)n2)cc1OC. The van der Waals surface area contributed by atoms with E-state index in [0.717, 1.165) is 16.8 Å². The fourth-order valence-corrected chi connectivity index (χ4v) is 2.96. The van der Waals surface area contributed by atoms with E-state index in [-0.39, 0.29) is 0 Å². The molecule has 1 N–H and O–H groups in total. The van der Waals surface area contributed by atoms with Gasteiger partial charge in [0.25, 0.3) is 0 Å². The Hall–Kier alpha value is -2.57. The second-order valence-electron chi connectivity index (χ2n) is 5.03. The predicted molar refractivity (Wildman–Crippen MR) is 103 cm³/mol. The molecule has 5 nitrogen and oxygen atoms in total. The van der Waals surface area contributed by atoms with Gasteiger partial charge in [0.15, 0.2) is 11.5 Å². The molecule has 25 heavy (non-hydrogen) atoms. The Morgan fingerprint density at radius 2 is 1.84 bits per heavy atom. The lowest BCUT2D eigenvalue weighted by molar-refractivity contribution is 0.355. The zero-order chi connectivity index (χ0) is 17.6. The van der Waals surface area contributed by atoms with Crippen LogP contribution in [0.3, 0.4) is 0 Å². The number of thiazole rings is 1. The molecule has 0 aliphatic heterocycles. The molecule has 2 aromatic carbocycles. The van der Waals surface area contributed by atoms with Gasteiger partial charge in [-0.25, -0.2) is 4.98 Å². The summed E-state index contributed by atoms with van der Waals surface area (Å²) in [5.74, 6) is 1.36. The number of anilines is 1. The molecule has 1 aromatic heterocycles. The zero-order valence-electron chi connectivity index (χ0n) is 13.7. The average molecular weight is 374 g/mol. The molecule has 0 bridgehead atoms. The second-order valence-corrected chi connectivity index (χ2v) is 6.32. The van der Waals surface area contributed by atoms with Crippen LogP contribution in [0.1, 0.15) is 5.56 Å². The van der Waals surface area contributed by atoms with Crippen LogP contribution in [0.15, 0.2) is 52.9 Å². The number of ether oxygens (including phenoxy) is 2. The number of hydrogen-bond acceptors (Lipinski definition) is 6. The van der Waals surface area contributed by atoms with Crippen molar-refractivity contribution in [1.82, 2.24) is 4.98 Å². The van der Waals surface area contributed by atoms with Crippen LogP contribution in [-0.2, 0) is 0 Å². The minimum absolute atomic E-state index is 0.670. The quantitative estimate of drug-likeness (QED) is 0.492. The van der Waals surface area contributed by atoms with Crippen LogP contribution in [0, 0.1) is 0 Å². The number of hydrogen-bond donors (Lipinski definition) is 1. The van der Waals surface area contributed by atoms with Gasteiger partial charge >= 0.3 is 0 Å². The Bertz CT molecular complexity index is 878. The van der Waals surface area contributed by atoms with E-state index in [0.29, 0.717) is 21.7 Å². The van der Waals surface area contributed by atoms with Gasteiger partial charge in [-0.2, -0.15) is 5.10 Å². The first-order valence-electron chi connectivity index (χ1n) is 7.42. The Morgan fingerprint density at radius 3 is 2.56 bits per heavy atom. The van der Waals surface area contributed by atoms with Crippen molar-refractivity contribution in [2.24, 2.45) is 5.10 Å². The van der Waals surface area contributed by atoms with Crippen molar-refractivity contribution >= 4 is 34.3 Å². The molecule has 0 aliphatic carbocycles. The lowest BCUT2D eigenvalue weighted by Crippen LogP contribution is -1.92. The topological polar surface area (TPSA) is 55.7 Å². The van der Waals surface area contributed by atoms with Gasteiger partial charge in [-0.1, -0.05) is 23.7 Å². The molecule has 3 rings (SSSR count). The highest BCUT2D eigenvalue weighted by Gasteiger charge is 2.09. The molecule has 0 fully saturated rings. The van der Waals surface area contributed by atoms with Crippen LogP contribution in [0.5, 0.6) is 11.5 Å². The minimum Gasteiger partial charge on any atom is -0.493 e. The number of nitrogens with one attached hydrogen (secondary N) is 1. The molecule has 3 aromatic rings. The number of aromatic nitrogens is 1. The number of nitrogens with zero attached hydrogens (tertiary/aromatic N) is 2. The van der Waals surface area contributed by atoms with Crippen molar-refractivity contribution in [1.29, 1.82) is 0 Å². The van der Waals surface area contributed by atoms with E-state index in [1.807, 2.05) is 47.8 Å². The smallest absolute Gasteiger partial charge is 0.203 e. The summed E-state index contributed by atoms with van der Waals surface area (Å²) in [6, 6.07) is 13.1. The summed E-state index contributed by atoms with van der Waals surface area (Å²) < 4.78 is 10.6. The number of hydrazone groups is 1.